The van der Waals surface area contributed by atoms with Crippen molar-refractivity contribution in [2.24, 2.45) is 11.8 Å². The molecule has 2 aromatic rings. The van der Waals surface area contributed by atoms with Crippen LogP contribution in [0.15, 0.2) is 36.4 Å². The van der Waals surface area contributed by atoms with Gasteiger partial charge in [-0.1, -0.05) is 115 Å². The number of rotatable bonds is 14. The summed E-state index contributed by atoms with van der Waals surface area (Å²) in [4.78, 5) is 0. The van der Waals surface area contributed by atoms with Crippen molar-refractivity contribution in [2.45, 2.75) is 97.3 Å². The zero-order valence-corrected chi connectivity index (χ0v) is 22.1. The predicted molar refractivity (Wildman–Crippen MR) is 148 cm³/mol. The van der Waals surface area contributed by atoms with Crippen molar-refractivity contribution in [2.75, 3.05) is 0 Å². The molecule has 1 aliphatic rings. The summed E-state index contributed by atoms with van der Waals surface area (Å²) in [5.41, 5.74) is 5.41. The van der Waals surface area contributed by atoms with Gasteiger partial charge in [0.05, 0.1) is 0 Å². The zero-order chi connectivity index (χ0) is 25.6. The van der Waals surface area contributed by atoms with E-state index in [1.807, 2.05) is 36.4 Å². The molecule has 0 spiro atoms. The van der Waals surface area contributed by atoms with Crippen LogP contribution in [0.1, 0.15) is 103 Å². The third kappa shape index (κ3) is 5.41. The Kier molecular flexibility index (Phi) is 10.1. The SMILES string of the molecule is CCCCCC(CC)C1(C(CC)CCCCC)c2cc(B(O)O)ccc2-c2ccc(B(O)O)cc21. The van der Waals surface area contributed by atoms with Gasteiger partial charge in [0.15, 0.2) is 0 Å². The van der Waals surface area contributed by atoms with Crippen LogP contribution in [0.4, 0.5) is 0 Å². The minimum absolute atomic E-state index is 0.300. The van der Waals surface area contributed by atoms with Crippen molar-refractivity contribution in [1.82, 2.24) is 0 Å². The molecule has 0 radical (unpaired) electrons. The van der Waals surface area contributed by atoms with Crippen LogP contribution in [0.2, 0.25) is 0 Å². The summed E-state index contributed by atoms with van der Waals surface area (Å²) < 4.78 is 0. The molecule has 0 saturated carbocycles. The van der Waals surface area contributed by atoms with E-state index in [1.165, 1.54) is 36.8 Å². The minimum Gasteiger partial charge on any atom is -0.423 e. The van der Waals surface area contributed by atoms with Crippen LogP contribution in [-0.4, -0.2) is 34.3 Å². The first-order valence-electron chi connectivity index (χ1n) is 13.9. The van der Waals surface area contributed by atoms with Crippen LogP contribution in [0.25, 0.3) is 11.1 Å². The average molecular weight is 478 g/mol. The summed E-state index contributed by atoms with van der Waals surface area (Å²) >= 11 is 0. The maximum absolute atomic E-state index is 10.1. The Bertz CT molecular complexity index is 882. The molecule has 1 aliphatic carbocycles. The molecule has 0 bridgehead atoms. The lowest BCUT2D eigenvalue weighted by Crippen LogP contribution is -2.44. The largest absolute Gasteiger partial charge is 0.488 e. The molecular weight excluding hydrogens is 434 g/mol. The van der Waals surface area contributed by atoms with E-state index < -0.39 is 14.2 Å². The third-order valence-corrected chi connectivity index (χ3v) is 8.45. The van der Waals surface area contributed by atoms with Crippen molar-refractivity contribution in [3.63, 3.8) is 0 Å². The topological polar surface area (TPSA) is 80.9 Å². The molecule has 6 heteroatoms. The highest BCUT2D eigenvalue weighted by molar-refractivity contribution is 6.59. The van der Waals surface area contributed by atoms with Gasteiger partial charge in [-0.05, 0) is 57.9 Å². The molecule has 35 heavy (non-hydrogen) atoms. The maximum Gasteiger partial charge on any atom is 0.488 e. The molecule has 2 unspecified atom stereocenters. The van der Waals surface area contributed by atoms with Gasteiger partial charge in [-0.2, -0.15) is 0 Å². The smallest absolute Gasteiger partial charge is 0.423 e. The average Bonchev–Trinajstić information content (AvgIpc) is 3.14. The Morgan fingerprint density at radius 2 is 1.03 bits per heavy atom. The lowest BCUT2D eigenvalue weighted by atomic mass is 9.56. The monoisotopic (exact) mass is 478 g/mol. The summed E-state index contributed by atoms with van der Waals surface area (Å²) in [5, 5.41) is 40.3. The predicted octanol–water partition coefficient (Wildman–Crippen LogP) is 4.53. The van der Waals surface area contributed by atoms with Crippen LogP contribution in [0, 0.1) is 11.8 Å². The number of hydrogen-bond donors (Lipinski definition) is 4. The molecule has 0 aromatic heterocycles. The number of unbranched alkanes of at least 4 members (excludes halogenated alkanes) is 4. The van der Waals surface area contributed by atoms with Gasteiger partial charge in [0, 0.05) is 5.41 Å². The van der Waals surface area contributed by atoms with Gasteiger partial charge >= 0.3 is 14.2 Å². The Morgan fingerprint density at radius 1 is 0.629 bits per heavy atom. The van der Waals surface area contributed by atoms with Crippen LogP contribution in [-0.2, 0) is 5.41 Å². The van der Waals surface area contributed by atoms with E-state index >= 15 is 0 Å². The quantitative estimate of drug-likeness (QED) is 0.238. The molecule has 2 aromatic carbocycles. The van der Waals surface area contributed by atoms with Crippen LogP contribution < -0.4 is 10.9 Å². The van der Waals surface area contributed by atoms with Gasteiger partial charge < -0.3 is 20.1 Å². The molecular formula is C29H44B2O4. The lowest BCUT2D eigenvalue weighted by molar-refractivity contribution is 0.178. The van der Waals surface area contributed by atoms with E-state index in [-0.39, 0.29) is 5.41 Å². The first-order chi connectivity index (χ1) is 16.9. The first-order valence-corrected chi connectivity index (χ1v) is 13.9. The highest BCUT2D eigenvalue weighted by atomic mass is 16.4. The Labute approximate surface area is 213 Å². The summed E-state index contributed by atoms with van der Waals surface area (Å²) in [6.07, 6.45) is 11.3. The van der Waals surface area contributed by atoms with E-state index in [1.54, 1.807) is 0 Å². The van der Waals surface area contributed by atoms with E-state index in [0.29, 0.717) is 22.8 Å². The molecule has 0 fully saturated rings. The molecule has 4 N–H and O–H groups in total. The van der Waals surface area contributed by atoms with Gasteiger partial charge in [0.1, 0.15) is 0 Å². The molecule has 190 valence electrons. The molecule has 0 amide bonds. The lowest BCUT2D eigenvalue weighted by Gasteiger charge is -2.46. The molecule has 0 aliphatic heterocycles. The van der Waals surface area contributed by atoms with Crippen molar-refractivity contribution in [1.29, 1.82) is 0 Å². The van der Waals surface area contributed by atoms with Gasteiger partial charge in [-0.3, -0.25) is 0 Å². The van der Waals surface area contributed by atoms with E-state index in [9.17, 15) is 20.1 Å². The highest BCUT2D eigenvalue weighted by Crippen LogP contribution is 2.59. The molecule has 3 rings (SSSR count). The summed E-state index contributed by atoms with van der Waals surface area (Å²) in [6, 6.07) is 11.8. The van der Waals surface area contributed by atoms with Gasteiger partial charge in [-0.15, -0.1) is 0 Å². The summed E-state index contributed by atoms with van der Waals surface area (Å²) in [5.74, 6) is 0.746. The fraction of sp³-hybridized carbons (Fsp3) is 0.586. The fourth-order valence-corrected chi connectivity index (χ4v) is 6.75. The van der Waals surface area contributed by atoms with Crippen molar-refractivity contribution in [3.05, 3.63) is 47.5 Å². The minimum atomic E-state index is -1.52. The van der Waals surface area contributed by atoms with E-state index in [4.69, 9.17) is 0 Å². The highest BCUT2D eigenvalue weighted by Gasteiger charge is 2.52. The summed E-state index contributed by atoms with van der Waals surface area (Å²) in [6.45, 7) is 9.04. The second-order valence-corrected chi connectivity index (χ2v) is 10.4. The van der Waals surface area contributed by atoms with E-state index in [2.05, 4.69) is 27.7 Å². The van der Waals surface area contributed by atoms with Crippen LogP contribution in [0.3, 0.4) is 0 Å². The maximum atomic E-state index is 10.1. The Morgan fingerprint density at radius 3 is 1.34 bits per heavy atom. The second kappa shape index (κ2) is 12.6. The second-order valence-electron chi connectivity index (χ2n) is 10.4. The molecule has 0 heterocycles. The first kappa shape index (κ1) is 28.0. The van der Waals surface area contributed by atoms with Gasteiger partial charge in [-0.25, -0.2) is 0 Å². The molecule has 0 saturated heterocycles. The molecule has 4 nitrogen and oxygen atoms in total. The summed E-state index contributed by atoms with van der Waals surface area (Å²) in [7, 11) is -3.03. The van der Waals surface area contributed by atoms with E-state index in [0.717, 1.165) is 49.7 Å². The number of benzene rings is 2. The standard InChI is InChI=1S/C29H44B2O4/c1-5-9-11-13-21(7-3)29(22(8-4)14-12-10-6-2)27-19-23(30(32)33)15-17-25(27)26-18-16-24(31(34)35)20-28(26)29/h15-22,32-35H,5-14H2,1-4H3. The Hall–Kier alpha value is -1.59. The van der Waals surface area contributed by atoms with Gasteiger partial charge in [0.25, 0.3) is 0 Å². The normalized spacial score (nSPS) is 15.4. The zero-order valence-electron chi connectivity index (χ0n) is 22.1. The van der Waals surface area contributed by atoms with Crippen molar-refractivity contribution < 1.29 is 20.1 Å². The Balaban J connectivity index is 2.34. The third-order valence-electron chi connectivity index (χ3n) is 8.45. The molecule has 2 atom stereocenters. The van der Waals surface area contributed by atoms with Crippen molar-refractivity contribution >= 4 is 25.2 Å². The van der Waals surface area contributed by atoms with Crippen LogP contribution in [0.5, 0.6) is 0 Å². The number of fused-ring (bicyclic) bond motifs is 3. The van der Waals surface area contributed by atoms with Gasteiger partial charge in [0.2, 0.25) is 0 Å². The van der Waals surface area contributed by atoms with Crippen LogP contribution >= 0.6 is 0 Å². The van der Waals surface area contributed by atoms with Crippen molar-refractivity contribution in [3.8, 4) is 11.1 Å². The fourth-order valence-electron chi connectivity index (χ4n) is 6.75. The number of hydrogen-bond acceptors (Lipinski definition) is 4.